The maximum atomic E-state index is 12.3. The summed E-state index contributed by atoms with van der Waals surface area (Å²) in [5.41, 5.74) is 0.679. The Morgan fingerprint density at radius 3 is 2.32 bits per heavy atom. The highest BCUT2D eigenvalue weighted by Crippen LogP contribution is 2.34. The van der Waals surface area contributed by atoms with Crippen molar-refractivity contribution in [2.75, 3.05) is 0 Å². The van der Waals surface area contributed by atoms with Crippen LogP contribution in [-0.2, 0) is 14.4 Å². The summed E-state index contributed by atoms with van der Waals surface area (Å²) in [5, 5.41) is 17.9. The highest BCUT2D eigenvalue weighted by molar-refractivity contribution is 8.26. The Morgan fingerprint density at radius 2 is 1.80 bits per heavy atom. The summed E-state index contributed by atoms with van der Waals surface area (Å²) in [5.74, 6) is -2.27. The van der Waals surface area contributed by atoms with E-state index in [4.69, 9.17) is 27.2 Å². The van der Waals surface area contributed by atoms with Gasteiger partial charge in [0.2, 0.25) is 0 Å². The van der Waals surface area contributed by atoms with Crippen molar-refractivity contribution in [1.29, 1.82) is 0 Å². The summed E-state index contributed by atoms with van der Waals surface area (Å²) in [6.45, 7) is 2.82. The third-order valence-electron chi connectivity index (χ3n) is 3.41. The maximum absolute atomic E-state index is 12.3. The standard InChI is InChI=1S/C16H15NO6S2/c1-8(14(19)20)17-13(18)12(25-16(17)24)7-10-3-5-11(6-4-10)23-9(2)15(21)22/h3-9H,1-2H3,(H,19,20)(H,21,22)/b12-7-. The van der Waals surface area contributed by atoms with Crippen LogP contribution in [0.25, 0.3) is 6.08 Å². The third kappa shape index (κ3) is 4.37. The van der Waals surface area contributed by atoms with Gasteiger partial charge in [-0.2, -0.15) is 0 Å². The molecule has 1 heterocycles. The Balaban J connectivity index is 2.15. The minimum atomic E-state index is -1.13. The molecular weight excluding hydrogens is 366 g/mol. The van der Waals surface area contributed by atoms with Crippen LogP contribution in [0.1, 0.15) is 19.4 Å². The molecule has 9 heteroatoms. The minimum absolute atomic E-state index is 0.196. The smallest absolute Gasteiger partial charge is 0.344 e. The van der Waals surface area contributed by atoms with Crippen LogP contribution in [-0.4, -0.2) is 49.4 Å². The van der Waals surface area contributed by atoms with Crippen molar-refractivity contribution in [2.24, 2.45) is 0 Å². The summed E-state index contributed by atoms with van der Waals surface area (Å²) in [4.78, 5) is 35.6. The van der Waals surface area contributed by atoms with Gasteiger partial charge in [-0.25, -0.2) is 9.59 Å². The zero-order chi connectivity index (χ0) is 18.7. The van der Waals surface area contributed by atoms with E-state index in [9.17, 15) is 14.4 Å². The number of hydrogen-bond donors (Lipinski definition) is 2. The number of benzene rings is 1. The Kier molecular flexibility index (Phi) is 5.81. The lowest BCUT2D eigenvalue weighted by atomic mass is 10.2. The number of carbonyl (C=O) groups is 3. The molecule has 1 aromatic carbocycles. The number of aliphatic carboxylic acids is 2. The van der Waals surface area contributed by atoms with Gasteiger partial charge in [-0.15, -0.1) is 0 Å². The van der Waals surface area contributed by atoms with Crippen LogP contribution >= 0.6 is 24.0 Å². The normalized spacial score (nSPS) is 18.3. The fraction of sp³-hybridized carbons (Fsp3) is 0.250. The lowest BCUT2D eigenvalue weighted by Gasteiger charge is -2.18. The van der Waals surface area contributed by atoms with Gasteiger partial charge in [0.1, 0.15) is 16.1 Å². The SMILES string of the molecule is CC(Oc1ccc(/C=C2\SC(=S)N(C(C)C(=O)O)C2=O)cc1)C(=O)O. The molecule has 2 rings (SSSR count). The number of thiocarbonyl (C=S) groups is 1. The molecule has 0 radical (unpaired) electrons. The minimum Gasteiger partial charge on any atom is -0.480 e. The second-order valence-corrected chi connectivity index (χ2v) is 6.91. The molecule has 1 saturated heterocycles. The van der Waals surface area contributed by atoms with Crippen LogP contribution in [0.2, 0.25) is 0 Å². The van der Waals surface area contributed by atoms with Gasteiger partial charge in [-0.1, -0.05) is 36.1 Å². The predicted molar refractivity (Wildman–Crippen MR) is 96.3 cm³/mol. The van der Waals surface area contributed by atoms with Gasteiger partial charge in [0, 0.05) is 0 Å². The Hall–Kier alpha value is -2.39. The van der Waals surface area contributed by atoms with Crippen LogP contribution in [0.5, 0.6) is 5.75 Å². The van der Waals surface area contributed by atoms with Gasteiger partial charge >= 0.3 is 11.9 Å². The molecule has 2 unspecified atom stereocenters. The molecule has 1 fully saturated rings. The molecule has 0 bridgehead atoms. The number of amides is 1. The molecule has 1 aliphatic heterocycles. The molecule has 0 spiro atoms. The highest BCUT2D eigenvalue weighted by Gasteiger charge is 2.38. The van der Waals surface area contributed by atoms with Crippen molar-refractivity contribution >= 4 is 52.2 Å². The Morgan fingerprint density at radius 1 is 1.20 bits per heavy atom. The average Bonchev–Trinajstić information content (AvgIpc) is 2.82. The first-order chi connectivity index (χ1) is 11.7. The molecule has 2 N–H and O–H groups in total. The van der Waals surface area contributed by atoms with E-state index in [0.717, 1.165) is 16.7 Å². The second-order valence-electron chi connectivity index (χ2n) is 5.23. The van der Waals surface area contributed by atoms with Gasteiger partial charge in [0.15, 0.2) is 6.10 Å². The number of rotatable bonds is 6. The summed E-state index contributed by atoms with van der Waals surface area (Å²) in [6, 6.07) is 5.47. The molecule has 2 atom stereocenters. The van der Waals surface area contributed by atoms with E-state index >= 15 is 0 Å². The number of nitrogens with zero attached hydrogens (tertiary/aromatic N) is 1. The van der Waals surface area contributed by atoms with E-state index in [-0.39, 0.29) is 4.32 Å². The Bertz CT molecular complexity index is 758. The first kappa shape index (κ1) is 18.9. The lowest BCUT2D eigenvalue weighted by Crippen LogP contribution is -2.41. The highest BCUT2D eigenvalue weighted by atomic mass is 32.2. The maximum Gasteiger partial charge on any atom is 0.344 e. The van der Waals surface area contributed by atoms with E-state index in [1.54, 1.807) is 30.3 Å². The lowest BCUT2D eigenvalue weighted by molar-refractivity contribution is -0.144. The topological polar surface area (TPSA) is 104 Å². The average molecular weight is 381 g/mol. The number of hydrogen-bond acceptors (Lipinski definition) is 6. The van der Waals surface area contributed by atoms with Crippen LogP contribution in [0.15, 0.2) is 29.2 Å². The van der Waals surface area contributed by atoms with Gasteiger partial charge in [-0.3, -0.25) is 9.69 Å². The van der Waals surface area contributed by atoms with E-state index in [1.165, 1.54) is 13.8 Å². The monoisotopic (exact) mass is 381 g/mol. The van der Waals surface area contributed by atoms with Crippen LogP contribution in [0.4, 0.5) is 0 Å². The van der Waals surface area contributed by atoms with Crippen molar-refractivity contribution in [1.82, 2.24) is 4.90 Å². The molecule has 1 aromatic rings. The van der Waals surface area contributed by atoms with Crippen molar-refractivity contribution in [3.8, 4) is 5.75 Å². The number of carboxylic acids is 2. The summed E-state index contributed by atoms with van der Waals surface area (Å²) >= 11 is 6.12. The number of ether oxygens (including phenoxy) is 1. The van der Waals surface area contributed by atoms with Crippen molar-refractivity contribution < 1.29 is 29.3 Å². The Labute approximate surface area is 153 Å². The first-order valence-electron chi connectivity index (χ1n) is 7.20. The van der Waals surface area contributed by atoms with E-state index in [1.807, 2.05) is 0 Å². The third-order valence-corrected chi connectivity index (χ3v) is 4.74. The van der Waals surface area contributed by atoms with Crippen molar-refractivity contribution in [2.45, 2.75) is 26.0 Å². The van der Waals surface area contributed by atoms with Crippen molar-refractivity contribution in [3.05, 3.63) is 34.7 Å². The zero-order valence-corrected chi connectivity index (χ0v) is 15.0. The summed E-state index contributed by atoms with van der Waals surface area (Å²) < 4.78 is 5.42. The van der Waals surface area contributed by atoms with Gasteiger partial charge in [0.25, 0.3) is 5.91 Å². The number of carboxylic acid groups (broad SMARTS) is 2. The molecule has 25 heavy (non-hydrogen) atoms. The fourth-order valence-electron chi connectivity index (χ4n) is 1.97. The largest absolute Gasteiger partial charge is 0.480 e. The van der Waals surface area contributed by atoms with E-state index < -0.39 is 30.0 Å². The molecule has 7 nitrogen and oxygen atoms in total. The molecule has 1 aliphatic rings. The quantitative estimate of drug-likeness (QED) is 0.571. The molecule has 0 aromatic heterocycles. The van der Waals surface area contributed by atoms with Crippen LogP contribution < -0.4 is 4.74 Å². The zero-order valence-electron chi connectivity index (χ0n) is 13.3. The molecular formula is C16H15NO6S2. The summed E-state index contributed by atoms with van der Waals surface area (Å²) in [7, 11) is 0. The fourth-order valence-corrected chi connectivity index (χ4v) is 3.39. The van der Waals surface area contributed by atoms with Gasteiger partial charge in [0.05, 0.1) is 4.91 Å². The summed E-state index contributed by atoms with van der Waals surface area (Å²) in [6.07, 6.45) is 0.623. The molecule has 0 saturated carbocycles. The first-order valence-corrected chi connectivity index (χ1v) is 8.42. The number of carbonyl (C=O) groups excluding carboxylic acids is 1. The van der Waals surface area contributed by atoms with Gasteiger partial charge in [-0.05, 0) is 37.6 Å². The van der Waals surface area contributed by atoms with Crippen LogP contribution in [0.3, 0.4) is 0 Å². The second kappa shape index (κ2) is 7.66. The van der Waals surface area contributed by atoms with Crippen molar-refractivity contribution in [3.63, 3.8) is 0 Å². The number of thioether (sulfide) groups is 1. The molecule has 0 aliphatic carbocycles. The van der Waals surface area contributed by atoms with E-state index in [2.05, 4.69) is 0 Å². The molecule has 132 valence electrons. The van der Waals surface area contributed by atoms with Crippen LogP contribution in [0, 0.1) is 0 Å². The molecule has 1 amide bonds. The van der Waals surface area contributed by atoms with E-state index in [0.29, 0.717) is 16.2 Å². The van der Waals surface area contributed by atoms with Gasteiger partial charge < -0.3 is 14.9 Å². The predicted octanol–water partition coefficient (Wildman–Crippen LogP) is 2.21.